The largest absolute Gasteiger partial charge is 0.276 e. The van der Waals surface area contributed by atoms with Gasteiger partial charge >= 0.3 is 0 Å². The minimum Gasteiger partial charge on any atom is -0.276 e. The van der Waals surface area contributed by atoms with Crippen molar-refractivity contribution < 1.29 is 0 Å². The van der Waals surface area contributed by atoms with Crippen molar-refractivity contribution in [2.45, 2.75) is 6.92 Å². The molecular formula is C20H16N4. The molecule has 0 amide bonds. The van der Waals surface area contributed by atoms with E-state index in [2.05, 4.69) is 57.4 Å². The molecule has 4 aromatic rings. The highest BCUT2D eigenvalue weighted by molar-refractivity contribution is 5.80. The molecule has 4 heteroatoms. The number of nitrogens with one attached hydrogen (secondary N) is 1. The van der Waals surface area contributed by atoms with Crippen LogP contribution in [0.15, 0.2) is 73.2 Å². The van der Waals surface area contributed by atoms with E-state index in [0.29, 0.717) is 0 Å². The number of pyridine rings is 2. The summed E-state index contributed by atoms with van der Waals surface area (Å²) in [7, 11) is 0. The second-order valence-corrected chi connectivity index (χ2v) is 5.67. The maximum absolute atomic E-state index is 4.51. The normalized spacial score (nSPS) is 10.7. The van der Waals surface area contributed by atoms with Crippen LogP contribution in [0.1, 0.15) is 5.56 Å². The maximum Gasteiger partial charge on any atom is 0.0912 e. The third-order valence-electron chi connectivity index (χ3n) is 3.98. The summed E-state index contributed by atoms with van der Waals surface area (Å²) in [4.78, 5) is 8.92. The Bertz CT molecular complexity index is 956. The lowest BCUT2D eigenvalue weighted by molar-refractivity contribution is 1.09. The third-order valence-corrected chi connectivity index (χ3v) is 3.98. The van der Waals surface area contributed by atoms with Gasteiger partial charge < -0.3 is 0 Å². The smallest absolute Gasteiger partial charge is 0.0912 e. The van der Waals surface area contributed by atoms with Crippen molar-refractivity contribution in [1.82, 2.24) is 20.2 Å². The second-order valence-electron chi connectivity index (χ2n) is 5.67. The van der Waals surface area contributed by atoms with Crippen LogP contribution in [0, 0.1) is 6.92 Å². The Balaban J connectivity index is 1.78. The molecule has 0 spiro atoms. The predicted molar refractivity (Wildman–Crippen MR) is 95.2 cm³/mol. The van der Waals surface area contributed by atoms with Crippen LogP contribution in [0.4, 0.5) is 0 Å². The molecule has 0 aliphatic carbocycles. The fourth-order valence-electron chi connectivity index (χ4n) is 2.69. The summed E-state index contributed by atoms with van der Waals surface area (Å²) in [6.07, 6.45) is 5.45. The Labute approximate surface area is 140 Å². The highest BCUT2D eigenvalue weighted by atomic mass is 15.1. The first-order chi connectivity index (χ1) is 11.8. The highest BCUT2D eigenvalue weighted by Crippen LogP contribution is 2.30. The number of hydrogen-bond donors (Lipinski definition) is 1. The Morgan fingerprint density at radius 1 is 0.792 bits per heavy atom. The van der Waals surface area contributed by atoms with Crippen molar-refractivity contribution in [2.75, 3.05) is 0 Å². The Morgan fingerprint density at radius 2 is 1.62 bits per heavy atom. The monoisotopic (exact) mass is 312 g/mol. The molecule has 0 unspecified atom stereocenters. The molecule has 1 aromatic carbocycles. The zero-order chi connectivity index (χ0) is 16.4. The van der Waals surface area contributed by atoms with Gasteiger partial charge in [-0.15, -0.1) is 0 Å². The molecule has 1 N–H and O–H groups in total. The fraction of sp³-hybridized carbons (Fsp3) is 0.0500. The van der Waals surface area contributed by atoms with Gasteiger partial charge in [0.1, 0.15) is 0 Å². The van der Waals surface area contributed by atoms with Gasteiger partial charge in [-0.05, 0) is 36.8 Å². The van der Waals surface area contributed by atoms with Gasteiger partial charge in [0.05, 0.1) is 23.3 Å². The summed E-state index contributed by atoms with van der Waals surface area (Å²) >= 11 is 0. The first-order valence-corrected chi connectivity index (χ1v) is 7.79. The van der Waals surface area contributed by atoms with Crippen LogP contribution < -0.4 is 0 Å². The number of aromatic nitrogens is 4. The standard InChI is InChI=1S/C20H16N4/c1-14-5-7-15(8-6-14)19-12-16(9-11-22-19)17-13-23-24-20(17)18-4-2-3-10-21-18/h2-13H,1H3,(H,23,24). The summed E-state index contributed by atoms with van der Waals surface area (Å²) in [5, 5.41) is 7.26. The van der Waals surface area contributed by atoms with Crippen LogP contribution in [0.5, 0.6) is 0 Å². The quantitative estimate of drug-likeness (QED) is 0.605. The molecule has 4 nitrogen and oxygen atoms in total. The van der Waals surface area contributed by atoms with E-state index in [9.17, 15) is 0 Å². The first kappa shape index (κ1) is 14.3. The second kappa shape index (κ2) is 6.08. The van der Waals surface area contributed by atoms with Gasteiger partial charge in [0.2, 0.25) is 0 Å². The van der Waals surface area contributed by atoms with E-state index in [1.807, 2.05) is 36.7 Å². The number of aromatic amines is 1. The van der Waals surface area contributed by atoms with E-state index in [1.54, 1.807) is 6.20 Å². The molecule has 4 rings (SSSR count). The molecule has 0 aliphatic rings. The van der Waals surface area contributed by atoms with E-state index in [4.69, 9.17) is 0 Å². The number of H-pyrrole nitrogens is 1. The lowest BCUT2D eigenvalue weighted by Gasteiger charge is -2.06. The minimum absolute atomic E-state index is 0.874. The van der Waals surface area contributed by atoms with Crippen molar-refractivity contribution in [3.63, 3.8) is 0 Å². The molecule has 0 saturated heterocycles. The Hall–Kier alpha value is -3.27. The maximum atomic E-state index is 4.51. The predicted octanol–water partition coefficient (Wildman–Crippen LogP) is 4.51. The van der Waals surface area contributed by atoms with Crippen molar-refractivity contribution in [3.05, 3.63) is 78.8 Å². The number of rotatable bonds is 3. The van der Waals surface area contributed by atoms with Crippen LogP contribution in [0.25, 0.3) is 33.8 Å². The van der Waals surface area contributed by atoms with E-state index in [0.717, 1.165) is 33.8 Å². The van der Waals surface area contributed by atoms with Crippen LogP contribution >= 0.6 is 0 Å². The molecule has 0 aliphatic heterocycles. The minimum atomic E-state index is 0.874. The molecule has 0 fully saturated rings. The molecule has 24 heavy (non-hydrogen) atoms. The van der Waals surface area contributed by atoms with Crippen molar-refractivity contribution in [3.8, 4) is 33.8 Å². The van der Waals surface area contributed by atoms with Gasteiger partial charge in [0, 0.05) is 23.5 Å². The van der Waals surface area contributed by atoms with Crippen LogP contribution in [-0.4, -0.2) is 20.2 Å². The molecule has 0 saturated carbocycles. The fourth-order valence-corrected chi connectivity index (χ4v) is 2.69. The molecule has 116 valence electrons. The molecule has 3 aromatic heterocycles. The van der Waals surface area contributed by atoms with Gasteiger partial charge in [-0.25, -0.2) is 0 Å². The van der Waals surface area contributed by atoms with E-state index >= 15 is 0 Å². The summed E-state index contributed by atoms with van der Waals surface area (Å²) < 4.78 is 0. The summed E-state index contributed by atoms with van der Waals surface area (Å²) in [5.41, 5.74) is 7.16. The Kier molecular flexibility index (Phi) is 3.63. The summed E-state index contributed by atoms with van der Waals surface area (Å²) in [6.45, 7) is 2.08. The Morgan fingerprint density at radius 3 is 2.42 bits per heavy atom. The zero-order valence-corrected chi connectivity index (χ0v) is 13.3. The zero-order valence-electron chi connectivity index (χ0n) is 13.3. The molecule has 0 radical (unpaired) electrons. The average molecular weight is 312 g/mol. The van der Waals surface area contributed by atoms with Gasteiger partial charge in [0.15, 0.2) is 0 Å². The SMILES string of the molecule is Cc1ccc(-c2cc(-c3cn[nH]c3-c3ccccn3)ccn2)cc1. The number of hydrogen-bond acceptors (Lipinski definition) is 3. The molecule has 3 heterocycles. The first-order valence-electron chi connectivity index (χ1n) is 7.79. The van der Waals surface area contributed by atoms with Crippen molar-refractivity contribution in [1.29, 1.82) is 0 Å². The molecular weight excluding hydrogens is 296 g/mol. The topological polar surface area (TPSA) is 54.5 Å². The van der Waals surface area contributed by atoms with Crippen molar-refractivity contribution in [2.24, 2.45) is 0 Å². The van der Waals surface area contributed by atoms with Crippen LogP contribution in [-0.2, 0) is 0 Å². The van der Waals surface area contributed by atoms with E-state index < -0.39 is 0 Å². The average Bonchev–Trinajstić information content (AvgIpc) is 3.13. The molecule has 0 atom stereocenters. The van der Waals surface area contributed by atoms with Gasteiger partial charge in [-0.3, -0.25) is 15.1 Å². The van der Waals surface area contributed by atoms with Crippen LogP contribution in [0.2, 0.25) is 0 Å². The lowest BCUT2D eigenvalue weighted by atomic mass is 10.0. The van der Waals surface area contributed by atoms with Gasteiger partial charge in [0.25, 0.3) is 0 Å². The lowest BCUT2D eigenvalue weighted by Crippen LogP contribution is -1.88. The third kappa shape index (κ3) is 2.70. The number of benzene rings is 1. The highest BCUT2D eigenvalue weighted by Gasteiger charge is 2.11. The number of nitrogens with zero attached hydrogens (tertiary/aromatic N) is 3. The van der Waals surface area contributed by atoms with E-state index in [1.165, 1.54) is 5.56 Å². The number of aryl methyl sites for hydroxylation is 1. The van der Waals surface area contributed by atoms with Gasteiger partial charge in [-0.2, -0.15) is 5.10 Å². The summed E-state index contributed by atoms with van der Waals surface area (Å²) in [6, 6.07) is 18.3. The van der Waals surface area contributed by atoms with Gasteiger partial charge in [-0.1, -0.05) is 35.9 Å². The van der Waals surface area contributed by atoms with Crippen molar-refractivity contribution >= 4 is 0 Å². The van der Waals surface area contributed by atoms with Crippen LogP contribution in [0.3, 0.4) is 0 Å². The molecule has 0 bridgehead atoms. The van der Waals surface area contributed by atoms with E-state index in [-0.39, 0.29) is 0 Å². The summed E-state index contributed by atoms with van der Waals surface area (Å²) in [5.74, 6) is 0.